The second-order valence-corrected chi connectivity index (χ2v) is 9.08. The van der Waals surface area contributed by atoms with Crippen LogP contribution in [0, 0.1) is 5.41 Å². The summed E-state index contributed by atoms with van der Waals surface area (Å²) in [5.41, 5.74) is 1.63. The summed E-state index contributed by atoms with van der Waals surface area (Å²) in [7, 11) is 0. The van der Waals surface area contributed by atoms with Crippen molar-refractivity contribution < 1.29 is 19.2 Å². The zero-order chi connectivity index (χ0) is 23.8. The molecule has 2 aromatic carbocycles. The van der Waals surface area contributed by atoms with Gasteiger partial charge in [-0.2, -0.15) is 4.98 Å². The van der Waals surface area contributed by atoms with E-state index in [9.17, 15) is 9.90 Å². The Labute approximate surface area is 196 Å². The SMILES string of the molecule is CC[C@@](C)(Cn1ccc2cc(-c3noc(-c4ccc(OC(C)C)c(Cl)c4)n3)ccc21)C(=O)O. The van der Waals surface area contributed by atoms with E-state index in [2.05, 4.69) is 10.1 Å². The number of nitrogens with zero attached hydrogens (tertiary/aromatic N) is 3. The van der Waals surface area contributed by atoms with Crippen LogP contribution in [-0.2, 0) is 11.3 Å². The maximum atomic E-state index is 11.7. The maximum absolute atomic E-state index is 11.7. The number of fused-ring (bicyclic) bond motifs is 1. The van der Waals surface area contributed by atoms with Gasteiger partial charge in [0, 0.05) is 34.8 Å². The molecule has 0 fully saturated rings. The average Bonchev–Trinajstić information content (AvgIpc) is 3.42. The molecule has 0 unspecified atom stereocenters. The van der Waals surface area contributed by atoms with E-state index in [0.29, 0.717) is 41.0 Å². The van der Waals surface area contributed by atoms with Crippen molar-refractivity contribution >= 4 is 28.5 Å². The van der Waals surface area contributed by atoms with Crippen LogP contribution in [-0.4, -0.2) is 31.9 Å². The third-order valence-corrected chi connectivity index (χ3v) is 6.11. The van der Waals surface area contributed by atoms with E-state index in [0.717, 1.165) is 16.5 Å². The standard InChI is InChI=1S/C25H26ClN3O4/c1-5-25(4,24(30)31)14-29-11-10-16-12-17(6-8-20(16)29)22-27-23(33-28-22)18-7-9-21(19(26)13-18)32-15(2)3/h6-13,15H,5,14H2,1-4H3,(H,30,31)/t25-/m0/s1. The summed E-state index contributed by atoms with van der Waals surface area (Å²) in [5, 5.41) is 15.2. The molecular weight excluding hydrogens is 442 g/mol. The molecule has 0 radical (unpaired) electrons. The monoisotopic (exact) mass is 467 g/mol. The highest BCUT2D eigenvalue weighted by Gasteiger charge is 2.31. The molecule has 1 atom stereocenters. The number of aliphatic carboxylic acids is 1. The van der Waals surface area contributed by atoms with Gasteiger partial charge >= 0.3 is 5.97 Å². The van der Waals surface area contributed by atoms with E-state index < -0.39 is 11.4 Å². The molecule has 0 aliphatic heterocycles. The van der Waals surface area contributed by atoms with Crippen molar-refractivity contribution in [1.29, 1.82) is 0 Å². The Kier molecular flexibility index (Phi) is 6.17. The van der Waals surface area contributed by atoms with Crippen LogP contribution in [0.3, 0.4) is 0 Å². The second kappa shape index (κ2) is 8.90. The Morgan fingerprint density at radius 2 is 1.97 bits per heavy atom. The molecule has 33 heavy (non-hydrogen) atoms. The molecule has 7 nitrogen and oxygen atoms in total. The van der Waals surface area contributed by atoms with Gasteiger partial charge in [0.15, 0.2) is 0 Å². The van der Waals surface area contributed by atoms with Gasteiger partial charge < -0.3 is 18.9 Å². The Balaban J connectivity index is 1.60. The molecule has 8 heteroatoms. The third-order valence-electron chi connectivity index (χ3n) is 5.81. The Bertz CT molecular complexity index is 1310. The van der Waals surface area contributed by atoms with Crippen LogP contribution < -0.4 is 4.74 Å². The fraction of sp³-hybridized carbons (Fsp3) is 0.320. The lowest BCUT2D eigenvalue weighted by Crippen LogP contribution is -2.31. The van der Waals surface area contributed by atoms with Gasteiger partial charge in [-0.05, 0) is 69.7 Å². The summed E-state index contributed by atoms with van der Waals surface area (Å²) in [6.45, 7) is 7.93. The van der Waals surface area contributed by atoms with E-state index in [1.807, 2.05) is 61.9 Å². The lowest BCUT2D eigenvalue weighted by molar-refractivity contribution is -0.148. The van der Waals surface area contributed by atoms with Gasteiger partial charge in [0.2, 0.25) is 5.82 Å². The summed E-state index contributed by atoms with van der Waals surface area (Å²) < 4.78 is 13.1. The fourth-order valence-corrected chi connectivity index (χ4v) is 3.85. The molecule has 2 heterocycles. The summed E-state index contributed by atoms with van der Waals surface area (Å²) in [6.07, 6.45) is 2.48. The van der Waals surface area contributed by atoms with Crippen molar-refractivity contribution in [3.8, 4) is 28.6 Å². The molecule has 4 aromatic rings. The molecule has 0 aliphatic carbocycles. The number of carboxylic acid groups (broad SMARTS) is 1. The first-order valence-electron chi connectivity index (χ1n) is 10.8. The summed E-state index contributed by atoms with van der Waals surface area (Å²) in [5.74, 6) is 0.627. The van der Waals surface area contributed by atoms with Gasteiger partial charge in [-0.15, -0.1) is 0 Å². The number of rotatable bonds is 8. The topological polar surface area (TPSA) is 90.4 Å². The Morgan fingerprint density at radius 1 is 1.21 bits per heavy atom. The van der Waals surface area contributed by atoms with Crippen LogP contribution in [0.1, 0.15) is 34.1 Å². The number of hydrogen-bond donors (Lipinski definition) is 1. The molecule has 0 aliphatic rings. The van der Waals surface area contributed by atoms with Gasteiger partial charge in [0.25, 0.3) is 5.89 Å². The smallest absolute Gasteiger partial charge is 0.311 e. The molecule has 2 aromatic heterocycles. The molecule has 0 spiro atoms. The first-order valence-corrected chi connectivity index (χ1v) is 11.2. The van der Waals surface area contributed by atoms with E-state index in [1.165, 1.54) is 0 Å². The number of carbonyl (C=O) groups is 1. The Hall–Kier alpha value is -3.32. The molecule has 0 amide bonds. The second-order valence-electron chi connectivity index (χ2n) is 8.67. The van der Waals surface area contributed by atoms with Gasteiger partial charge in [0.1, 0.15) is 5.75 Å². The molecule has 1 N–H and O–H groups in total. The molecule has 0 saturated carbocycles. The largest absolute Gasteiger partial charge is 0.489 e. The molecule has 4 rings (SSSR count). The van der Waals surface area contributed by atoms with Gasteiger partial charge in [-0.25, -0.2) is 0 Å². The predicted octanol–water partition coefficient (Wildman–Crippen LogP) is 6.30. The molecule has 0 saturated heterocycles. The third kappa shape index (κ3) is 4.59. The van der Waals surface area contributed by atoms with Crippen molar-refractivity contribution in [2.24, 2.45) is 5.41 Å². The van der Waals surface area contributed by atoms with Crippen LogP contribution in [0.15, 0.2) is 53.2 Å². The maximum Gasteiger partial charge on any atom is 0.311 e. The van der Waals surface area contributed by atoms with E-state index in [-0.39, 0.29) is 6.10 Å². The highest BCUT2D eigenvalue weighted by molar-refractivity contribution is 6.32. The minimum atomic E-state index is -0.829. The Morgan fingerprint density at radius 3 is 2.64 bits per heavy atom. The zero-order valence-electron chi connectivity index (χ0n) is 19.0. The van der Waals surface area contributed by atoms with Crippen molar-refractivity contribution in [2.45, 2.75) is 46.8 Å². The molecular formula is C25H26ClN3O4. The van der Waals surface area contributed by atoms with Crippen LogP contribution in [0.2, 0.25) is 5.02 Å². The number of aromatic nitrogens is 3. The average molecular weight is 468 g/mol. The highest BCUT2D eigenvalue weighted by Crippen LogP contribution is 2.32. The molecule has 0 bridgehead atoms. The minimum Gasteiger partial charge on any atom is -0.489 e. The summed E-state index contributed by atoms with van der Waals surface area (Å²) >= 11 is 6.34. The summed E-state index contributed by atoms with van der Waals surface area (Å²) in [6, 6.07) is 13.2. The van der Waals surface area contributed by atoms with Gasteiger partial charge in [-0.1, -0.05) is 23.7 Å². The van der Waals surface area contributed by atoms with Gasteiger partial charge in [-0.3, -0.25) is 4.79 Å². The first-order chi connectivity index (χ1) is 15.7. The van der Waals surface area contributed by atoms with E-state index >= 15 is 0 Å². The predicted molar refractivity (Wildman–Crippen MR) is 127 cm³/mol. The zero-order valence-corrected chi connectivity index (χ0v) is 19.8. The number of carboxylic acids is 1. The number of halogens is 1. The van der Waals surface area contributed by atoms with Crippen molar-refractivity contribution in [1.82, 2.24) is 14.7 Å². The normalized spacial score (nSPS) is 13.4. The number of benzene rings is 2. The van der Waals surface area contributed by atoms with Crippen molar-refractivity contribution in [3.63, 3.8) is 0 Å². The van der Waals surface area contributed by atoms with Crippen LogP contribution in [0.4, 0.5) is 0 Å². The molecule has 172 valence electrons. The minimum absolute atomic E-state index is 0.0213. The van der Waals surface area contributed by atoms with E-state index in [4.69, 9.17) is 20.9 Å². The number of hydrogen-bond acceptors (Lipinski definition) is 5. The summed E-state index contributed by atoms with van der Waals surface area (Å²) in [4.78, 5) is 16.2. The quantitative estimate of drug-likeness (QED) is 0.327. The van der Waals surface area contributed by atoms with Crippen LogP contribution in [0.5, 0.6) is 5.75 Å². The lowest BCUT2D eigenvalue weighted by atomic mass is 9.87. The van der Waals surface area contributed by atoms with Crippen LogP contribution in [0.25, 0.3) is 33.7 Å². The fourth-order valence-electron chi connectivity index (χ4n) is 3.63. The lowest BCUT2D eigenvalue weighted by Gasteiger charge is -2.24. The van der Waals surface area contributed by atoms with Crippen LogP contribution >= 0.6 is 11.6 Å². The first kappa shape index (κ1) is 22.9. The van der Waals surface area contributed by atoms with E-state index in [1.54, 1.807) is 19.1 Å². The highest BCUT2D eigenvalue weighted by atomic mass is 35.5. The van der Waals surface area contributed by atoms with Crippen molar-refractivity contribution in [3.05, 3.63) is 53.7 Å². The number of ether oxygens (including phenoxy) is 1. The van der Waals surface area contributed by atoms with Crippen molar-refractivity contribution in [2.75, 3.05) is 0 Å². The van der Waals surface area contributed by atoms with Gasteiger partial charge in [0.05, 0.1) is 16.5 Å².